The molecule has 0 fully saturated rings. The summed E-state index contributed by atoms with van der Waals surface area (Å²) in [7, 11) is 0. The number of carbonyl (C=O) groups is 2. The van der Waals surface area contributed by atoms with E-state index in [4.69, 9.17) is 23.2 Å². The second-order valence-corrected chi connectivity index (χ2v) is 11.7. The van der Waals surface area contributed by atoms with E-state index in [1.807, 2.05) is 12.1 Å². The molecule has 10 heteroatoms. The second-order valence-electron chi connectivity index (χ2n) is 8.98. The largest absolute Gasteiger partial charge is 0.618 e. The number of rotatable bonds is 0. The Morgan fingerprint density at radius 2 is 0.974 bits per heavy atom. The van der Waals surface area contributed by atoms with E-state index in [9.17, 15) is 20.0 Å². The molecule has 2 aromatic carbocycles. The van der Waals surface area contributed by atoms with Gasteiger partial charge < -0.3 is 10.4 Å². The second kappa shape index (κ2) is 10.8. The van der Waals surface area contributed by atoms with Crippen molar-refractivity contribution in [3.8, 4) is 0 Å². The lowest BCUT2D eigenvalue weighted by Gasteiger charge is -2.07. The number of carbonyl (C=O) groups excluding carboxylic acids is 2. The third-order valence-electron chi connectivity index (χ3n) is 6.54. The van der Waals surface area contributed by atoms with Crippen LogP contribution in [0.4, 0.5) is 0 Å². The Labute approximate surface area is 245 Å². The van der Waals surface area contributed by atoms with Crippen molar-refractivity contribution in [1.29, 1.82) is 0 Å². The fourth-order valence-corrected chi connectivity index (χ4v) is 6.14. The zero-order valence-corrected chi connectivity index (χ0v) is 24.3. The molecule has 4 aromatic rings. The number of hydrogen-bond donors (Lipinski definition) is 0. The molecule has 0 aliphatic heterocycles. The third-order valence-corrected chi connectivity index (χ3v) is 7.87. The average Bonchev–Trinajstić information content (AvgIpc) is 3.07. The summed E-state index contributed by atoms with van der Waals surface area (Å²) in [5.41, 5.74) is 4.87. The Kier molecular flexibility index (Phi) is 7.60. The van der Waals surface area contributed by atoms with Gasteiger partial charge in [-0.1, -0.05) is 23.2 Å². The molecule has 0 N–H and O–H groups in total. The van der Waals surface area contributed by atoms with Crippen molar-refractivity contribution >= 4 is 66.6 Å². The van der Waals surface area contributed by atoms with Gasteiger partial charge >= 0.3 is 0 Å². The van der Waals surface area contributed by atoms with E-state index in [0.29, 0.717) is 65.3 Å². The first-order valence-electron chi connectivity index (χ1n) is 11.6. The van der Waals surface area contributed by atoms with Crippen molar-refractivity contribution in [3.63, 3.8) is 0 Å². The van der Waals surface area contributed by atoms with Gasteiger partial charge in [-0.2, -0.15) is 9.46 Å². The smallest absolute Gasteiger partial charge is 0.268 e. The van der Waals surface area contributed by atoms with Gasteiger partial charge in [-0.05, 0) is 117 Å². The Bertz CT molecular complexity index is 1520. The molecule has 6 nitrogen and oxygen atoms in total. The molecule has 192 valence electrons. The van der Waals surface area contributed by atoms with Crippen LogP contribution < -0.4 is 9.46 Å². The molecular weight excluding hydrogens is 659 g/mol. The number of aryl methyl sites for hydroxylation is 4. The van der Waals surface area contributed by atoms with Crippen LogP contribution in [0.5, 0.6) is 0 Å². The topological polar surface area (TPSA) is 88.0 Å². The Morgan fingerprint density at radius 3 is 1.37 bits per heavy atom. The lowest BCUT2D eigenvalue weighted by Crippen LogP contribution is -2.36. The highest BCUT2D eigenvalue weighted by atomic mass is 79.9. The molecule has 0 spiro atoms. The molecule has 2 aliphatic rings. The molecule has 38 heavy (non-hydrogen) atoms. The first kappa shape index (κ1) is 26.8. The summed E-state index contributed by atoms with van der Waals surface area (Å²) in [4.78, 5) is 25.0. The number of ketones is 2. The molecule has 0 unspecified atom stereocenters. The fourth-order valence-electron chi connectivity index (χ4n) is 4.83. The van der Waals surface area contributed by atoms with Crippen molar-refractivity contribution in [2.75, 3.05) is 0 Å². The Hall–Kier alpha value is -2.78. The zero-order chi connectivity index (χ0) is 27.1. The van der Waals surface area contributed by atoms with Crippen LogP contribution in [-0.4, -0.2) is 11.6 Å². The number of pyridine rings is 2. The van der Waals surface area contributed by atoms with Crippen LogP contribution in [-0.2, 0) is 25.7 Å². The standard InChI is InChI=1S/2C14H9BrClNO2/c2*15-10-5-9-2-1-8-6-11(16)3-4-12(8)14(18)13(9)17(19)7-10/h2*3-7H,1-2H2. The van der Waals surface area contributed by atoms with Crippen LogP contribution in [0.25, 0.3) is 0 Å². The predicted molar refractivity (Wildman–Crippen MR) is 151 cm³/mol. The Balaban J connectivity index is 0.000000155. The van der Waals surface area contributed by atoms with Crippen LogP contribution in [0, 0.1) is 10.4 Å². The maximum Gasteiger partial charge on any atom is 0.268 e. The summed E-state index contributed by atoms with van der Waals surface area (Å²) >= 11 is 18.5. The molecule has 0 saturated heterocycles. The molecule has 2 aromatic heterocycles. The van der Waals surface area contributed by atoms with Gasteiger partial charge in [0.1, 0.15) is 0 Å². The Morgan fingerprint density at radius 1 is 0.605 bits per heavy atom. The predicted octanol–water partition coefficient (Wildman–Crippen LogP) is 6.13. The first-order chi connectivity index (χ1) is 18.1. The van der Waals surface area contributed by atoms with Gasteiger partial charge in [0.05, 0.1) is 8.95 Å². The minimum Gasteiger partial charge on any atom is -0.618 e. The van der Waals surface area contributed by atoms with E-state index in [2.05, 4.69) is 31.9 Å². The number of benzene rings is 2. The minimum absolute atomic E-state index is 0.212. The maximum atomic E-state index is 12.5. The van der Waals surface area contributed by atoms with Crippen LogP contribution >= 0.6 is 55.1 Å². The summed E-state index contributed by atoms with van der Waals surface area (Å²) in [5.74, 6) is -0.469. The summed E-state index contributed by atoms with van der Waals surface area (Å²) < 4.78 is 2.65. The lowest BCUT2D eigenvalue weighted by atomic mass is 10.0. The van der Waals surface area contributed by atoms with Gasteiger partial charge in [0.2, 0.25) is 0 Å². The quantitative estimate of drug-likeness (QED) is 0.166. The van der Waals surface area contributed by atoms with Gasteiger partial charge in [-0.25, -0.2) is 0 Å². The van der Waals surface area contributed by atoms with Gasteiger partial charge in [0.15, 0.2) is 12.4 Å². The maximum absolute atomic E-state index is 12.5. The number of hydrogen-bond acceptors (Lipinski definition) is 4. The summed E-state index contributed by atoms with van der Waals surface area (Å²) in [6.45, 7) is 0. The molecular formula is C28H18Br2Cl2N2O4. The van der Waals surface area contributed by atoms with Crippen molar-refractivity contribution < 1.29 is 19.0 Å². The highest BCUT2D eigenvalue weighted by Gasteiger charge is 2.30. The summed E-state index contributed by atoms with van der Waals surface area (Å²) in [6, 6.07) is 14.0. The highest BCUT2D eigenvalue weighted by molar-refractivity contribution is 9.10. The molecule has 0 radical (unpaired) electrons. The van der Waals surface area contributed by atoms with Crippen LogP contribution in [0.1, 0.15) is 54.4 Å². The van der Waals surface area contributed by atoms with Crippen molar-refractivity contribution in [2.45, 2.75) is 25.7 Å². The summed E-state index contributed by atoms with van der Waals surface area (Å²) in [6.07, 6.45) is 5.41. The van der Waals surface area contributed by atoms with Gasteiger partial charge in [-0.15, -0.1) is 0 Å². The number of nitrogens with zero attached hydrogens (tertiary/aromatic N) is 2. The van der Waals surface area contributed by atoms with Gasteiger partial charge in [-0.3, -0.25) is 9.59 Å². The SMILES string of the molecule is O=C1c2ccc(Cl)cc2CCc2cc(Br)c[n+]([O-])c21.O=C1c2ccc(Cl)cc2CCc2cc(Br)c[n+]([O-])c21. The van der Waals surface area contributed by atoms with Crippen molar-refractivity contribution in [3.05, 3.63) is 135 Å². The number of fused-ring (bicyclic) bond motifs is 4. The molecule has 0 amide bonds. The van der Waals surface area contributed by atoms with E-state index in [1.165, 1.54) is 12.4 Å². The molecule has 2 heterocycles. The number of aromatic nitrogens is 2. The minimum atomic E-state index is -0.235. The molecule has 0 atom stereocenters. The van der Waals surface area contributed by atoms with E-state index in [0.717, 1.165) is 22.3 Å². The molecule has 6 rings (SSSR count). The average molecular weight is 677 g/mol. The van der Waals surface area contributed by atoms with E-state index in [-0.39, 0.29) is 23.0 Å². The fraction of sp³-hybridized carbons (Fsp3) is 0.143. The van der Waals surface area contributed by atoms with Crippen LogP contribution in [0.15, 0.2) is 69.9 Å². The van der Waals surface area contributed by atoms with E-state index >= 15 is 0 Å². The highest BCUT2D eigenvalue weighted by Crippen LogP contribution is 2.28. The lowest BCUT2D eigenvalue weighted by molar-refractivity contribution is -0.608. The molecule has 2 aliphatic carbocycles. The number of halogens is 4. The molecule has 0 saturated carbocycles. The van der Waals surface area contributed by atoms with E-state index in [1.54, 1.807) is 36.4 Å². The van der Waals surface area contributed by atoms with Gasteiger partial charge in [0.25, 0.3) is 23.0 Å². The van der Waals surface area contributed by atoms with Crippen molar-refractivity contribution in [2.24, 2.45) is 0 Å². The summed E-state index contributed by atoms with van der Waals surface area (Å²) in [5, 5.41) is 25.1. The first-order valence-corrected chi connectivity index (χ1v) is 14.0. The third kappa shape index (κ3) is 5.23. The zero-order valence-electron chi connectivity index (χ0n) is 19.6. The van der Waals surface area contributed by atoms with Crippen molar-refractivity contribution in [1.82, 2.24) is 0 Å². The van der Waals surface area contributed by atoms with Crippen LogP contribution in [0.2, 0.25) is 10.0 Å². The van der Waals surface area contributed by atoms with Gasteiger partial charge in [0, 0.05) is 32.3 Å². The normalized spacial score (nSPS) is 13.7. The van der Waals surface area contributed by atoms with Crippen LogP contribution in [0.3, 0.4) is 0 Å². The van der Waals surface area contributed by atoms with E-state index < -0.39 is 0 Å². The molecule has 0 bridgehead atoms. The monoisotopic (exact) mass is 674 g/mol.